The third-order valence-corrected chi connectivity index (χ3v) is 5.77. The average molecular weight is 393 g/mol. The fraction of sp³-hybridized carbons (Fsp3) is 0.235. The van der Waals surface area contributed by atoms with Gasteiger partial charge in [0.1, 0.15) is 10.6 Å². The van der Waals surface area contributed by atoms with E-state index in [1.54, 1.807) is 0 Å². The van der Waals surface area contributed by atoms with Crippen molar-refractivity contribution in [2.75, 3.05) is 26.5 Å². The van der Waals surface area contributed by atoms with Gasteiger partial charge >= 0.3 is 0 Å². The summed E-state index contributed by atoms with van der Waals surface area (Å²) < 4.78 is 31.0. The number of sulfonamides is 1. The summed E-state index contributed by atoms with van der Waals surface area (Å²) >= 11 is 0. The van der Waals surface area contributed by atoms with Crippen LogP contribution >= 0.6 is 0 Å². The highest BCUT2D eigenvalue weighted by Crippen LogP contribution is 2.28. The number of rotatable bonds is 6. The molecule has 0 saturated heterocycles. The summed E-state index contributed by atoms with van der Waals surface area (Å²) in [5.41, 5.74) is 0.507. The highest BCUT2D eigenvalue weighted by Gasteiger charge is 2.24. The smallest absolute Gasteiger partial charge is 0.274 e. The molecular formula is C17H19N3O6S. The number of nitro groups is 1. The van der Waals surface area contributed by atoms with E-state index >= 15 is 0 Å². The van der Waals surface area contributed by atoms with Crippen molar-refractivity contribution in [1.82, 2.24) is 4.31 Å². The Morgan fingerprint density at radius 1 is 1.22 bits per heavy atom. The van der Waals surface area contributed by atoms with Gasteiger partial charge in [-0.1, -0.05) is 6.07 Å². The van der Waals surface area contributed by atoms with E-state index < -0.39 is 20.9 Å². The lowest BCUT2D eigenvalue weighted by Gasteiger charge is -2.15. The second kappa shape index (κ2) is 7.72. The number of nitrogens with zero attached hydrogens (tertiary/aromatic N) is 2. The lowest BCUT2D eigenvalue weighted by molar-refractivity contribution is -0.385. The van der Waals surface area contributed by atoms with Crippen LogP contribution in [-0.2, 0) is 10.0 Å². The average Bonchev–Trinajstić information content (AvgIpc) is 2.62. The molecule has 0 radical (unpaired) electrons. The van der Waals surface area contributed by atoms with E-state index in [2.05, 4.69) is 5.32 Å². The van der Waals surface area contributed by atoms with Gasteiger partial charge in [0.2, 0.25) is 10.0 Å². The summed E-state index contributed by atoms with van der Waals surface area (Å²) in [4.78, 5) is 22.9. The van der Waals surface area contributed by atoms with E-state index in [0.717, 1.165) is 4.31 Å². The highest BCUT2D eigenvalue weighted by atomic mass is 32.2. The maximum absolute atomic E-state index is 12.6. The van der Waals surface area contributed by atoms with Crippen molar-refractivity contribution >= 4 is 27.3 Å². The monoisotopic (exact) mass is 393 g/mol. The van der Waals surface area contributed by atoms with Crippen molar-refractivity contribution in [3.63, 3.8) is 0 Å². The summed E-state index contributed by atoms with van der Waals surface area (Å²) in [7, 11) is 0.232. The lowest BCUT2D eigenvalue weighted by Crippen LogP contribution is -2.23. The molecule has 27 heavy (non-hydrogen) atoms. The zero-order valence-corrected chi connectivity index (χ0v) is 16.0. The number of nitrogens with one attached hydrogen (secondary N) is 1. The molecule has 2 rings (SSSR count). The van der Waals surface area contributed by atoms with Crippen molar-refractivity contribution in [2.24, 2.45) is 0 Å². The number of benzene rings is 2. The number of nitro benzene ring substituents is 1. The molecule has 0 heterocycles. The first kappa shape index (κ1) is 20.3. The molecule has 144 valence electrons. The quantitative estimate of drug-likeness (QED) is 0.595. The van der Waals surface area contributed by atoms with E-state index in [4.69, 9.17) is 4.74 Å². The normalized spacial score (nSPS) is 11.3. The number of carbonyl (C=O) groups excluding carboxylic acids is 1. The number of hydrogen-bond donors (Lipinski definition) is 1. The Bertz CT molecular complexity index is 1000. The predicted octanol–water partition coefficient (Wildman–Crippen LogP) is 2.41. The number of hydrogen-bond acceptors (Lipinski definition) is 6. The Morgan fingerprint density at radius 2 is 1.89 bits per heavy atom. The van der Waals surface area contributed by atoms with Crippen LogP contribution in [0, 0.1) is 17.0 Å². The molecule has 0 aliphatic heterocycles. The minimum absolute atomic E-state index is 0.0714. The van der Waals surface area contributed by atoms with Gasteiger partial charge in [-0.15, -0.1) is 0 Å². The van der Waals surface area contributed by atoms with Crippen LogP contribution in [0.1, 0.15) is 15.9 Å². The molecule has 0 aromatic heterocycles. The second-order valence-corrected chi connectivity index (χ2v) is 7.93. The van der Waals surface area contributed by atoms with Crippen LogP contribution in [0.4, 0.5) is 11.4 Å². The molecule has 0 saturated carbocycles. The molecule has 2 aromatic rings. The van der Waals surface area contributed by atoms with Gasteiger partial charge in [0.25, 0.3) is 11.6 Å². The Kier molecular flexibility index (Phi) is 5.82. The third kappa shape index (κ3) is 4.07. The largest absolute Gasteiger partial charge is 0.495 e. The molecule has 1 N–H and O–H groups in total. The summed E-state index contributed by atoms with van der Waals surface area (Å²) in [5.74, 6) is -0.497. The van der Waals surface area contributed by atoms with Gasteiger partial charge in [0, 0.05) is 25.7 Å². The molecule has 0 aliphatic carbocycles. The van der Waals surface area contributed by atoms with Gasteiger partial charge in [-0.3, -0.25) is 14.9 Å². The van der Waals surface area contributed by atoms with E-state index in [1.807, 2.05) is 0 Å². The van der Waals surface area contributed by atoms with Crippen LogP contribution in [0.5, 0.6) is 5.75 Å². The first-order valence-electron chi connectivity index (χ1n) is 7.75. The lowest BCUT2D eigenvalue weighted by atomic mass is 10.1. The highest BCUT2D eigenvalue weighted by molar-refractivity contribution is 7.89. The minimum Gasteiger partial charge on any atom is -0.495 e. The van der Waals surface area contributed by atoms with Crippen LogP contribution in [-0.4, -0.2) is 44.8 Å². The molecule has 10 heteroatoms. The van der Waals surface area contributed by atoms with Gasteiger partial charge in [-0.05, 0) is 31.2 Å². The van der Waals surface area contributed by atoms with Gasteiger partial charge < -0.3 is 10.1 Å². The van der Waals surface area contributed by atoms with Gasteiger partial charge in [-0.25, -0.2) is 12.7 Å². The number of anilines is 1. The van der Waals surface area contributed by atoms with Crippen molar-refractivity contribution in [2.45, 2.75) is 11.8 Å². The Labute approximate surface area is 156 Å². The zero-order valence-electron chi connectivity index (χ0n) is 15.2. The third-order valence-electron chi connectivity index (χ3n) is 3.93. The molecule has 0 atom stereocenters. The Hall–Kier alpha value is -2.98. The van der Waals surface area contributed by atoms with Crippen molar-refractivity contribution in [3.05, 3.63) is 57.6 Å². The summed E-state index contributed by atoms with van der Waals surface area (Å²) in [6, 6.07) is 8.31. The number of carbonyl (C=O) groups is 1. The summed E-state index contributed by atoms with van der Waals surface area (Å²) in [5, 5.41) is 13.6. The number of amides is 1. The van der Waals surface area contributed by atoms with Crippen molar-refractivity contribution in [1.29, 1.82) is 0 Å². The van der Waals surface area contributed by atoms with Crippen molar-refractivity contribution in [3.8, 4) is 5.75 Å². The van der Waals surface area contributed by atoms with E-state index in [1.165, 1.54) is 64.5 Å². The molecular weight excluding hydrogens is 374 g/mol. The minimum atomic E-state index is -3.84. The predicted molar refractivity (Wildman–Crippen MR) is 99.7 cm³/mol. The van der Waals surface area contributed by atoms with Crippen LogP contribution in [0.2, 0.25) is 0 Å². The van der Waals surface area contributed by atoms with Gasteiger partial charge in [0.05, 0.1) is 23.3 Å². The van der Waals surface area contributed by atoms with Gasteiger partial charge in [0.15, 0.2) is 0 Å². The topological polar surface area (TPSA) is 119 Å². The van der Waals surface area contributed by atoms with E-state index in [9.17, 15) is 23.3 Å². The maximum Gasteiger partial charge on any atom is 0.274 e. The molecule has 0 bridgehead atoms. The maximum atomic E-state index is 12.6. The van der Waals surface area contributed by atoms with Crippen LogP contribution in [0.15, 0.2) is 41.3 Å². The number of methoxy groups -OCH3 is 1. The molecule has 9 nitrogen and oxygen atoms in total. The van der Waals surface area contributed by atoms with Crippen LogP contribution in [0.25, 0.3) is 0 Å². The molecule has 1 amide bonds. The molecule has 0 fully saturated rings. The van der Waals surface area contributed by atoms with E-state index in [-0.39, 0.29) is 27.6 Å². The molecule has 2 aromatic carbocycles. The molecule has 0 aliphatic rings. The first-order valence-corrected chi connectivity index (χ1v) is 9.19. The molecule has 0 spiro atoms. The van der Waals surface area contributed by atoms with Crippen LogP contribution < -0.4 is 10.1 Å². The fourth-order valence-electron chi connectivity index (χ4n) is 2.37. The summed E-state index contributed by atoms with van der Waals surface area (Å²) in [6.07, 6.45) is 0. The van der Waals surface area contributed by atoms with E-state index in [0.29, 0.717) is 5.56 Å². The van der Waals surface area contributed by atoms with Crippen molar-refractivity contribution < 1.29 is 22.9 Å². The summed E-state index contributed by atoms with van der Waals surface area (Å²) in [6.45, 7) is 1.52. The Balaban J connectivity index is 2.44. The number of ether oxygens (including phenoxy) is 1. The van der Waals surface area contributed by atoms with Crippen LogP contribution in [0.3, 0.4) is 0 Å². The van der Waals surface area contributed by atoms with Gasteiger partial charge in [-0.2, -0.15) is 0 Å². The first-order chi connectivity index (χ1) is 12.6. The fourth-order valence-corrected chi connectivity index (χ4v) is 3.44. The zero-order chi connectivity index (χ0) is 20.4. The second-order valence-electron chi connectivity index (χ2n) is 5.81. The molecule has 0 unspecified atom stereocenters. The Morgan fingerprint density at radius 3 is 2.44 bits per heavy atom. The SMILES string of the molecule is COc1ccc(C(=O)Nc2cccc([N+](=O)[O-])c2C)cc1S(=O)(=O)N(C)C. The standard InChI is InChI=1S/C17H19N3O6S/c1-11-13(6-5-7-14(11)20(22)23)18-17(21)12-8-9-15(26-4)16(10-12)27(24,25)19(2)3/h5-10H,1-4H3,(H,18,21).